The molecule has 2 aromatic carbocycles. The second-order valence-corrected chi connectivity index (χ2v) is 7.51. The molecule has 0 unspecified atom stereocenters. The Balaban J connectivity index is 1.89. The Hall–Kier alpha value is -4.44. The number of amides is 2. The lowest BCUT2D eigenvalue weighted by molar-refractivity contribution is -0.138. The second-order valence-electron chi connectivity index (χ2n) is 7.51. The van der Waals surface area contributed by atoms with Crippen LogP contribution in [0, 0.1) is 11.3 Å². The number of para-hydroxylation sites is 1. The maximum atomic E-state index is 12.9. The van der Waals surface area contributed by atoms with Crippen molar-refractivity contribution in [3.63, 3.8) is 0 Å². The van der Waals surface area contributed by atoms with Crippen molar-refractivity contribution in [2.75, 3.05) is 13.7 Å². The van der Waals surface area contributed by atoms with Crippen molar-refractivity contribution in [1.82, 2.24) is 14.7 Å². The highest BCUT2D eigenvalue weighted by Crippen LogP contribution is 2.31. The van der Waals surface area contributed by atoms with Crippen molar-refractivity contribution >= 4 is 17.9 Å². The lowest BCUT2D eigenvalue weighted by Gasteiger charge is -2.23. The van der Waals surface area contributed by atoms with Gasteiger partial charge in [-0.25, -0.2) is 4.68 Å². The first-order chi connectivity index (χ1) is 15.9. The van der Waals surface area contributed by atoms with Crippen LogP contribution in [0.4, 0.5) is 0 Å². The average Bonchev–Trinajstić information content (AvgIpc) is 3.26. The minimum atomic E-state index is -0.594. The molecular weight excluding hydrogens is 416 g/mol. The molecule has 1 aliphatic rings. The summed E-state index contributed by atoms with van der Waals surface area (Å²) in [5.41, 5.74) is 3.65. The molecule has 0 N–H and O–H groups in total. The molecule has 4 rings (SSSR count). The van der Waals surface area contributed by atoms with E-state index in [4.69, 9.17) is 9.84 Å². The minimum Gasteiger partial charge on any atom is -0.494 e. The normalized spacial score (nSPS) is 15.2. The first kappa shape index (κ1) is 21.8. The molecule has 0 saturated carbocycles. The molecule has 0 radical (unpaired) electrons. The minimum absolute atomic E-state index is 0.0404. The van der Waals surface area contributed by atoms with E-state index in [2.05, 4.69) is 0 Å². The molecule has 0 spiro atoms. The van der Waals surface area contributed by atoms with E-state index in [1.807, 2.05) is 73.8 Å². The van der Waals surface area contributed by atoms with Crippen molar-refractivity contribution in [3.05, 3.63) is 83.1 Å². The molecule has 7 heteroatoms. The summed E-state index contributed by atoms with van der Waals surface area (Å²) in [7, 11) is 1.38. The molecule has 1 aliphatic heterocycles. The van der Waals surface area contributed by atoms with Crippen LogP contribution in [-0.2, 0) is 9.59 Å². The van der Waals surface area contributed by atoms with Crippen molar-refractivity contribution in [1.29, 1.82) is 5.26 Å². The van der Waals surface area contributed by atoms with Crippen molar-refractivity contribution in [3.8, 4) is 28.8 Å². The third kappa shape index (κ3) is 4.06. The molecule has 164 valence electrons. The highest BCUT2D eigenvalue weighted by Gasteiger charge is 2.33. The topological polar surface area (TPSA) is 88.2 Å². The maximum absolute atomic E-state index is 12.9. The molecule has 2 amide bonds. The van der Waals surface area contributed by atoms with Crippen LogP contribution >= 0.6 is 0 Å². The van der Waals surface area contributed by atoms with Crippen LogP contribution in [0.15, 0.2) is 77.5 Å². The smallest absolute Gasteiger partial charge is 0.271 e. The lowest BCUT2D eigenvalue weighted by atomic mass is 9.93. The fourth-order valence-electron chi connectivity index (χ4n) is 3.66. The summed E-state index contributed by atoms with van der Waals surface area (Å²) in [5.74, 6) is -0.297. The number of carbonyl (C=O) groups excluding carboxylic acids is 2. The standard InChI is InChI=1S/C26H22N4O3/c1-4-33-21-12-10-18(11-13-21)24-19(16-30(28-24)20-8-6-5-7-9-20)14-22-17(2)23(15-27)26(32)29(3)25(22)31/h5-14,16H,4H2,1-3H3/b22-14+. The molecule has 0 saturated heterocycles. The first-order valence-electron chi connectivity index (χ1n) is 10.5. The zero-order chi connectivity index (χ0) is 23.5. The number of aromatic nitrogens is 2. The Bertz CT molecular complexity index is 1330. The molecule has 7 nitrogen and oxygen atoms in total. The summed E-state index contributed by atoms with van der Waals surface area (Å²) in [5, 5.41) is 14.2. The van der Waals surface area contributed by atoms with Gasteiger partial charge in [0.25, 0.3) is 11.8 Å². The summed E-state index contributed by atoms with van der Waals surface area (Å²) in [6.45, 7) is 4.11. The van der Waals surface area contributed by atoms with Crippen LogP contribution in [0.25, 0.3) is 23.0 Å². The summed E-state index contributed by atoms with van der Waals surface area (Å²) >= 11 is 0. The number of likely N-dealkylation sites (N-methyl/N-ethyl adjacent to an activating group) is 1. The van der Waals surface area contributed by atoms with Crippen LogP contribution in [0.3, 0.4) is 0 Å². The molecule has 0 fully saturated rings. The van der Waals surface area contributed by atoms with Crippen LogP contribution in [0.2, 0.25) is 0 Å². The van der Waals surface area contributed by atoms with Crippen LogP contribution in [0.1, 0.15) is 19.4 Å². The van der Waals surface area contributed by atoms with E-state index in [9.17, 15) is 14.9 Å². The van der Waals surface area contributed by atoms with Crippen molar-refractivity contribution in [2.45, 2.75) is 13.8 Å². The highest BCUT2D eigenvalue weighted by atomic mass is 16.5. The van der Waals surface area contributed by atoms with Crippen LogP contribution in [-0.4, -0.2) is 40.1 Å². The zero-order valence-corrected chi connectivity index (χ0v) is 18.6. The van der Waals surface area contributed by atoms with Gasteiger partial charge in [0.05, 0.1) is 18.0 Å². The zero-order valence-electron chi connectivity index (χ0n) is 18.6. The van der Waals surface area contributed by atoms with Gasteiger partial charge in [-0.05, 0) is 61.9 Å². The molecule has 2 heterocycles. The monoisotopic (exact) mass is 438 g/mol. The summed E-state index contributed by atoms with van der Waals surface area (Å²) in [6, 6.07) is 19.1. The fraction of sp³-hybridized carbons (Fsp3) is 0.154. The van der Waals surface area contributed by atoms with Gasteiger partial charge < -0.3 is 4.74 Å². The average molecular weight is 438 g/mol. The van der Waals surface area contributed by atoms with E-state index in [0.29, 0.717) is 23.4 Å². The van der Waals surface area contributed by atoms with E-state index >= 15 is 0 Å². The van der Waals surface area contributed by atoms with Gasteiger partial charge >= 0.3 is 0 Å². The molecule has 3 aromatic rings. The predicted molar refractivity (Wildman–Crippen MR) is 124 cm³/mol. The Morgan fingerprint density at radius 3 is 2.39 bits per heavy atom. The Morgan fingerprint density at radius 1 is 1.06 bits per heavy atom. The van der Waals surface area contributed by atoms with Crippen LogP contribution < -0.4 is 4.74 Å². The van der Waals surface area contributed by atoms with Gasteiger partial charge in [0.15, 0.2) is 0 Å². The van der Waals surface area contributed by atoms with Crippen LogP contribution in [0.5, 0.6) is 5.75 Å². The van der Waals surface area contributed by atoms with Gasteiger partial charge in [-0.1, -0.05) is 18.2 Å². The molecular formula is C26H22N4O3. The Morgan fingerprint density at radius 2 is 1.76 bits per heavy atom. The van der Waals surface area contributed by atoms with Gasteiger partial charge in [-0.2, -0.15) is 10.4 Å². The Kier molecular flexibility index (Phi) is 5.92. The molecule has 1 aromatic heterocycles. The fourth-order valence-corrected chi connectivity index (χ4v) is 3.66. The van der Waals surface area contributed by atoms with E-state index in [0.717, 1.165) is 21.9 Å². The van der Waals surface area contributed by atoms with Gasteiger partial charge in [-0.3, -0.25) is 14.5 Å². The van der Waals surface area contributed by atoms with Crippen molar-refractivity contribution in [2.24, 2.45) is 0 Å². The van der Waals surface area contributed by atoms with Crippen molar-refractivity contribution < 1.29 is 14.3 Å². The number of nitrogens with zero attached hydrogens (tertiary/aromatic N) is 4. The number of rotatable bonds is 5. The van der Waals surface area contributed by atoms with E-state index in [-0.39, 0.29) is 11.1 Å². The third-order valence-electron chi connectivity index (χ3n) is 5.45. The summed E-state index contributed by atoms with van der Waals surface area (Å²) in [6.07, 6.45) is 3.52. The number of benzene rings is 2. The quantitative estimate of drug-likeness (QED) is 0.441. The van der Waals surface area contributed by atoms with Gasteiger partial charge in [-0.15, -0.1) is 0 Å². The number of ether oxygens (including phenoxy) is 1. The summed E-state index contributed by atoms with van der Waals surface area (Å²) < 4.78 is 7.28. The SMILES string of the molecule is CCOc1ccc(-c2nn(-c3ccccc3)cc2/C=C2/C(=O)N(C)C(=O)C(C#N)=C2C)cc1. The molecule has 0 aliphatic carbocycles. The third-order valence-corrected chi connectivity index (χ3v) is 5.45. The lowest BCUT2D eigenvalue weighted by Crippen LogP contribution is -2.39. The Labute approximate surface area is 191 Å². The number of imide groups is 1. The van der Waals surface area contributed by atoms with Gasteiger partial charge in [0.2, 0.25) is 0 Å². The predicted octanol–water partition coefficient (Wildman–Crippen LogP) is 4.16. The summed E-state index contributed by atoms with van der Waals surface area (Å²) in [4.78, 5) is 26.2. The van der Waals surface area contributed by atoms with E-state index in [1.54, 1.807) is 17.7 Å². The van der Waals surface area contributed by atoms with E-state index < -0.39 is 11.8 Å². The van der Waals surface area contributed by atoms with E-state index in [1.165, 1.54) is 7.05 Å². The number of nitriles is 1. The maximum Gasteiger partial charge on any atom is 0.271 e. The molecule has 0 bridgehead atoms. The molecule has 0 atom stereocenters. The molecule has 33 heavy (non-hydrogen) atoms. The number of hydrogen-bond acceptors (Lipinski definition) is 5. The first-order valence-corrected chi connectivity index (χ1v) is 10.5. The number of hydrogen-bond donors (Lipinski definition) is 0. The van der Waals surface area contributed by atoms with Gasteiger partial charge in [0.1, 0.15) is 17.4 Å². The second kappa shape index (κ2) is 8.97. The largest absolute Gasteiger partial charge is 0.494 e. The van der Waals surface area contributed by atoms with Gasteiger partial charge in [0, 0.05) is 29.9 Å². The number of carbonyl (C=O) groups is 2. The highest BCUT2D eigenvalue weighted by molar-refractivity contribution is 6.19.